The van der Waals surface area contributed by atoms with E-state index in [0.29, 0.717) is 36.7 Å². The number of para-hydroxylation sites is 1. The van der Waals surface area contributed by atoms with Gasteiger partial charge in [0.2, 0.25) is 0 Å². The molecule has 1 rings (SSSR count). The van der Waals surface area contributed by atoms with Gasteiger partial charge in [0.05, 0.1) is 29.6 Å². The summed E-state index contributed by atoms with van der Waals surface area (Å²) in [5.74, 6) is -0.374. The summed E-state index contributed by atoms with van der Waals surface area (Å²) >= 11 is 0. The fourth-order valence-corrected chi connectivity index (χ4v) is 1.74. The minimum atomic E-state index is -0.374. The number of hydrogen-bond acceptors (Lipinski definition) is 5. The maximum atomic E-state index is 11.8. The van der Waals surface area contributed by atoms with Crippen molar-refractivity contribution in [3.8, 4) is 0 Å². The van der Waals surface area contributed by atoms with Gasteiger partial charge in [0.25, 0.3) is 0 Å². The third kappa shape index (κ3) is 4.44. The smallest absolute Gasteiger partial charge is 0.340 e. The van der Waals surface area contributed by atoms with Gasteiger partial charge in [0.15, 0.2) is 0 Å². The number of carbonyl (C=O) groups excluding carboxylic acids is 1. The minimum Gasteiger partial charge on any atom is -0.462 e. The van der Waals surface area contributed by atoms with Crippen molar-refractivity contribution in [1.29, 1.82) is 0 Å². The lowest BCUT2D eigenvalue weighted by molar-refractivity contribution is 0.0527. The third-order valence-corrected chi connectivity index (χ3v) is 2.61. The summed E-state index contributed by atoms with van der Waals surface area (Å²) in [5, 5.41) is 3.15. The maximum Gasteiger partial charge on any atom is 0.340 e. The second kappa shape index (κ2) is 7.63. The van der Waals surface area contributed by atoms with E-state index >= 15 is 0 Å². The maximum absolute atomic E-state index is 11.8. The Labute approximate surface area is 114 Å². The van der Waals surface area contributed by atoms with Gasteiger partial charge in [-0.1, -0.05) is 6.07 Å². The summed E-state index contributed by atoms with van der Waals surface area (Å²) < 4.78 is 10.4. The van der Waals surface area contributed by atoms with Crippen molar-refractivity contribution >= 4 is 17.3 Å². The zero-order chi connectivity index (χ0) is 14.3. The van der Waals surface area contributed by atoms with E-state index in [-0.39, 0.29) is 12.1 Å². The highest BCUT2D eigenvalue weighted by molar-refractivity contribution is 5.98. The summed E-state index contributed by atoms with van der Waals surface area (Å²) in [6.45, 7) is 7.24. The zero-order valence-corrected chi connectivity index (χ0v) is 11.7. The molecule has 0 radical (unpaired) electrons. The minimum absolute atomic E-state index is 0.0413. The molecule has 5 nitrogen and oxygen atoms in total. The molecule has 0 spiro atoms. The highest BCUT2D eigenvalue weighted by Gasteiger charge is 2.15. The molecule has 0 amide bonds. The van der Waals surface area contributed by atoms with Gasteiger partial charge < -0.3 is 20.5 Å². The first kappa shape index (κ1) is 15.3. The van der Waals surface area contributed by atoms with Crippen LogP contribution in [0.25, 0.3) is 0 Å². The number of nitrogens with one attached hydrogen (secondary N) is 1. The molecule has 5 heteroatoms. The van der Waals surface area contributed by atoms with Gasteiger partial charge in [0.1, 0.15) is 0 Å². The first-order chi connectivity index (χ1) is 9.10. The standard InChI is InChI=1S/C14H22N2O3/c1-4-18-10(3)9-16-13-11(14(17)19-5-2)7-6-8-12(13)15/h6-8,10,16H,4-5,9,15H2,1-3H3. The summed E-state index contributed by atoms with van der Waals surface area (Å²) in [6, 6.07) is 5.18. The Kier molecular flexibility index (Phi) is 6.15. The lowest BCUT2D eigenvalue weighted by atomic mass is 10.1. The van der Waals surface area contributed by atoms with Crippen LogP contribution < -0.4 is 11.1 Å². The van der Waals surface area contributed by atoms with Gasteiger partial charge in [-0.15, -0.1) is 0 Å². The third-order valence-electron chi connectivity index (χ3n) is 2.61. The number of rotatable bonds is 7. The Morgan fingerprint density at radius 1 is 1.37 bits per heavy atom. The van der Waals surface area contributed by atoms with Crippen LogP contribution in [0.2, 0.25) is 0 Å². The molecular weight excluding hydrogens is 244 g/mol. The number of hydrogen-bond donors (Lipinski definition) is 2. The van der Waals surface area contributed by atoms with E-state index in [2.05, 4.69) is 5.32 Å². The van der Waals surface area contributed by atoms with E-state index in [1.807, 2.05) is 13.8 Å². The second-order valence-electron chi connectivity index (χ2n) is 4.14. The highest BCUT2D eigenvalue weighted by Crippen LogP contribution is 2.24. The fourth-order valence-electron chi connectivity index (χ4n) is 1.74. The average Bonchev–Trinajstić information content (AvgIpc) is 2.37. The molecule has 0 aliphatic rings. The van der Waals surface area contributed by atoms with Gasteiger partial charge in [-0.25, -0.2) is 4.79 Å². The second-order valence-corrected chi connectivity index (χ2v) is 4.14. The van der Waals surface area contributed by atoms with Crippen molar-refractivity contribution < 1.29 is 14.3 Å². The summed E-state index contributed by atoms with van der Waals surface area (Å²) in [4.78, 5) is 11.8. The van der Waals surface area contributed by atoms with Crippen molar-refractivity contribution in [2.45, 2.75) is 26.9 Å². The Hall–Kier alpha value is -1.75. The number of nitrogens with two attached hydrogens (primary N) is 1. The predicted octanol–water partition coefficient (Wildman–Crippen LogP) is 2.28. The lowest BCUT2D eigenvalue weighted by Gasteiger charge is -2.17. The molecule has 0 bridgehead atoms. The van der Waals surface area contributed by atoms with E-state index in [9.17, 15) is 4.79 Å². The molecule has 19 heavy (non-hydrogen) atoms. The molecule has 0 aromatic heterocycles. The Morgan fingerprint density at radius 3 is 2.74 bits per heavy atom. The van der Waals surface area contributed by atoms with Gasteiger partial charge >= 0.3 is 5.97 Å². The van der Waals surface area contributed by atoms with E-state index in [4.69, 9.17) is 15.2 Å². The van der Waals surface area contributed by atoms with Crippen molar-refractivity contribution in [2.24, 2.45) is 0 Å². The molecule has 1 aromatic rings. The van der Waals surface area contributed by atoms with E-state index in [1.54, 1.807) is 25.1 Å². The van der Waals surface area contributed by atoms with Crippen molar-refractivity contribution in [3.05, 3.63) is 23.8 Å². The number of anilines is 2. The average molecular weight is 266 g/mol. The SMILES string of the molecule is CCOC(=O)c1cccc(N)c1NCC(C)OCC. The van der Waals surface area contributed by atoms with Crippen molar-refractivity contribution in [3.63, 3.8) is 0 Å². The summed E-state index contributed by atoms with van der Waals surface area (Å²) in [5.41, 5.74) is 7.48. The predicted molar refractivity (Wildman–Crippen MR) is 76.4 cm³/mol. The van der Waals surface area contributed by atoms with Crippen LogP contribution in [0.5, 0.6) is 0 Å². The monoisotopic (exact) mass is 266 g/mol. The van der Waals surface area contributed by atoms with Crippen molar-refractivity contribution in [2.75, 3.05) is 30.8 Å². The van der Waals surface area contributed by atoms with Crippen LogP contribution >= 0.6 is 0 Å². The Bertz CT molecular complexity index is 421. The molecule has 1 unspecified atom stereocenters. The lowest BCUT2D eigenvalue weighted by Crippen LogP contribution is -2.22. The molecule has 0 fully saturated rings. The van der Waals surface area contributed by atoms with Crippen LogP contribution in [0, 0.1) is 0 Å². The Morgan fingerprint density at radius 2 is 2.11 bits per heavy atom. The van der Waals surface area contributed by atoms with Gasteiger partial charge in [-0.3, -0.25) is 0 Å². The largest absolute Gasteiger partial charge is 0.462 e. The van der Waals surface area contributed by atoms with Gasteiger partial charge in [-0.2, -0.15) is 0 Å². The number of carbonyl (C=O) groups is 1. The zero-order valence-electron chi connectivity index (χ0n) is 11.7. The van der Waals surface area contributed by atoms with Crippen LogP contribution in [0.4, 0.5) is 11.4 Å². The van der Waals surface area contributed by atoms with Crippen molar-refractivity contribution in [1.82, 2.24) is 0 Å². The highest BCUT2D eigenvalue weighted by atomic mass is 16.5. The first-order valence-corrected chi connectivity index (χ1v) is 6.51. The summed E-state index contributed by atoms with van der Waals surface area (Å²) in [6.07, 6.45) is 0.0413. The topological polar surface area (TPSA) is 73.6 Å². The molecule has 1 atom stereocenters. The van der Waals surface area contributed by atoms with E-state index in [0.717, 1.165) is 0 Å². The Balaban J connectivity index is 2.83. The molecule has 3 N–H and O–H groups in total. The van der Waals surface area contributed by atoms with Crippen LogP contribution in [0.1, 0.15) is 31.1 Å². The molecule has 1 aromatic carbocycles. The van der Waals surface area contributed by atoms with Crippen LogP contribution in [-0.4, -0.2) is 31.8 Å². The van der Waals surface area contributed by atoms with Crippen LogP contribution in [0.15, 0.2) is 18.2 Å². The molecule has 0 saturated carbocycles. The normalized spacial score (nSPS) is 11.9. The van der Waals surface area contributed by atoms with Gasteiger partial charge in [-0.05, 0) is 32.9 Å². The van der Waals surface area contributed by atoms with Crippen LogP contribution in [0.3, 0.4) is 0 Å². The molecule has 0 aliphatic carbocycles. The molecular formula is C14H22N2O3. The quantitative estimate of drug-likeness (QED) is 0.585. The first-order valence-electron chi connectivity index (χ1n) is 6.51. The molecule has 0 aliphatic heterocycles. The fraction of sp³-hybridized carbons (Fsp3) is 0.500. The van der Waals surface area contributed by atoms with Crippen LogP contribution in [-0.2, 0) is 9.47 Å². The van der Waals surface area contributed by atoms with Gasteiger partial charge in [0, 0.05) is 13.2 Å². The van der Waals surface area contributed by atoms with E-state index in [1.165, 1.54) is 0 Å². The molecule has 0 saturated heterocycles. The number of benzene rings is 1. The number of nitrogen functional groups attached to an aromatic ring is 1. The number of ether oxygens (including phenoxy) is 2. The summed E-state index contributed by atoms with van der Waals surface area (Å²) in [7, 11) is 0. The molecule has 0 heterocycles. The van der Waals surface area contributed by atoms with E-state index < -0.39 is 0 Å². The molecule has 106 valence electrons. The number of esters is 1.